The van der Waals surface area contributed by atoms with Crippen LogP contribution in [-0.2, 0) is 0 Å². The van der Waals surface area contributed by atoms with Crippen molar-refractivity contribution in [1.82, 2.24) is 4.98 Å². The van der Waals surface area contributed by atoms with Gasteiger partial charge in [-0.1, -0.05) is 0 Å². The van der Waals surface area contributed by atoms with Crippen LogP contribution in [0.1, 0.15) is 16.1 Å². The quantitative estimate of drug-likeness (QED) is 0.671. The van der Waals surface area contributed by atoms with Crippen molar-refractivity contribution in [3.05, 3.63) is 56.3 Å². The molecule has 0 bridgehead atoms. The molecule has 7 heteroatoms. The van der Waals surface area contributed by atoms with Crippen molar-refractivity contribution in [3.8, 4) is 0 Å². The highest BCUT2D eigenvalue weighted by atomic mass is 79.9. The van der Waals surface area contributed by atoms with Gasteiger partial charge in [0.05, 0.1) is 4.92 Å². The number of rotatable bonds is 3. The maximum atomic E-state index is 11.9. The van der Waals surface area contributed by atoms with Crippen LogP contribution >= 0.6 is 15.9 Å². The maximum absolute atomic E-state index is 11.9. The lowest BCUT2D eigenvalue weighted by atomic mass is 10.2. The Morgan fingerprint density at radius 1 is 1.42 bits per heavy atom. The normalized spacial score (nSPS) is 10.2. The number of nitrogens with zero attached hydrogens (tertiary/aromatic N) is 1. The Kier molecular flexibility index (Phi) is 3.66. The van der Waals surface area contributed by atoms with E-state index in [0.29, 0.717) is 16.9 Å². The topological polar surface area (TPSA) is 88.0 Å². The molecule has 0 aliphatic heterocycles. The fourth-order valence-electron chi connectivity index (χ4n) is 1.64. The molecule has 0 spiro atoms. The first-order valence-corrected chi connectivity index (χ1v) is 6.17. The Hall–Kier alpha value is -2.15. The molecule has 0 radical (unpaired) electrons. The van der Waals surface area contributed by atoms with E-state index in [-0.39, 0.29) is 11.6 Å². The summed E-state index contributed by atoms with van der Waals surface area (Å²) < 4.78 is 0.775. The molecule has 2 rings (SSSR count). The van der Waals surface area contributed by atoms with Gasteiger partial charge in [-0.05, 0) is 41.1 Å². The van der Waals surface area contributed by atoms with Gasteiger partial charge < -0.3 is 10.3 Å². The van der Waals surface area contributed by atoms with Gasteiger partial charge in [0, 0.05) is 28.0 Å². The highest BCUT2D eigenvalue weighted by Crippen LogP contribution is 2.22. The number of hydrogen-bond acceptors (Lipinski definition) is 3. The maximum Gasteiger partial charge on any atom is 0.272 e. The Morgan fingerprint density at radius 3 is 2.68 bits per heavy atom. The predicted molar refractivity (Wildman–Crippen MR) is 74.3 cm³/mol. The van der Waals surface area contributed by atoms with Crippen LogP contribution in [0.5, 0.6) is 0 Å². The molecule has 0 saturated heterocycles. The van der Waals surface area contributed by atoms with E-state index in [1.54, 1.807) is 25.3 Å². The van der Waals surface area contributed by atoms with Crippen LogP contribution in [0.15, 0.2) is 34.9 Å². The van der Waals surface area contributed by atoms with E-state index in [1.165, 1.54) is 12.1 Å². The molecule has 0 unspecified atom stereocenters. The fraction of sp³-hybridized carbons (Fsp3) is 0.0833. The van der Waals surface area contributed by atoms with E-state index in [1.807, 2.05) is 0 Å². The minimum Gasteiger partial charge on any atom is -0.356 e. The van der Waals surface area contributed by atoms with Crippen molar-refractivity contribution in [1.29, 1.82) is 0 Å². The number of halogens is 1. The van der Waals surface area contributed by atoms with Gasteiger partial charge in [0.2, 0.25) is 0 Å². The van der Waals surface area contributed by atoms with Gasteiger partial charge in [0.1, 0.15) is 5.69 Å². The summed E-state index contributed by atoms with van der Waals surface area (Å²) in [4.78, 5) is 24.9. The second-order valence-electron chi connectivity index (χ2n) is 3.94. The van der Waals surface area contributed by atoms with Crippen LogP contribution in [0.3, 0.4) is 0 Å². The first-order valence-electron chi connectivity index (χ1n) is 5.37. The van der Waals surface area contributed by atoms with Crippen LogP contribution in [0, 0.1) is 17.0 Å². The fourth-order valence-corrected chi connectivity index (χ4v) is 1.98. The number of nitro benzene ring substituents is 1. The number of nitro groups is 1. The number of H-pyrrole nitrogens is 1. The summed E-state index contributed by atoms with van der Waals surface area (Å²) in [6, 6.07) is 6.08. The predicted octanol–water partition coefficient (Wildman–Crippen LogP) is 3.25. The number of carbonyl (C=O) groups excluding carboxylic acids is 1. The summed E-state index contributed by atoms with van der Waals surface area (Å²) in [6.45, 7) is 1.62. The monoisotopic (exact) mass is 323 g/mol. The first-order chi connectivity index (χ1) is 8.97. The van der Waals surface area contributed by atoms with E-state index >= 15 is 0 Å². The summed E-state index contributed by atoms with van der Waals surface area (Å²) in [5.41, 5.74) is 1.44. The number of aryl methyl sites for hydroxylation is 1. The standard InChI is InChI=1S/C12H10BrN3O3/c1-7-4-9(2-3-11(7)16(18)19)15-12(17)10-5-8(13)6-14-10/h2-6,14H,1H3,(H,15,17). The molecule has 2 aromatic rings. The lowest BCUT2D eigenvalue weighted by Gasteiger charge is -2.05. The van der Waals surface area contributed by atoms with Crippen LogP contribution < -0.4 is 5.32 Å². The lowest BCUT2D eigenvalue weighted by Crippen LogP contribution is -2.12. The number of benzene rings is 1. The third kappa shape index (κ3) is 3.00. The summed E-state index contributed by atoms with van der Waals surface area (Å²) in [5.74, 6) is -0.307. The van der Waals surface area contributed by atoms with Gasteiger partial charge in [-0.15, -0.1) is 0 Å². The van der Waals surface area contributed by atoms with Crippen molar-refractivity contribution in [2.45, 2.75) is 6.92 Å². The Labute approximate surface area is 117 Å². The van der Waals surface area contributed by atoms with Crippen molar-refractivity contribution in [2.75, 3.05) is 5.32 Å². The summed E-state index contributed by atoms with van der Waals surface area (Å²) in [5, 5.41) is 13.4. The smallest absolute Gasteiger partial charge is 0.272 e. The molecular formula is C12H10BrN3O3. The van der Waals surface area contributed by atoms with Crippen molar-refractivity contribution < 1.29 is 9.72 Å². The lowest BCUT2D eigenvalue weighted by molar-refractivity contribution is -0.385. The molecule has 0 saturated carbocycles. The third-order valence-corrected chi connectivity index (χ3v) is 3.00. The summed E-state index contributed by atoms with van der Waals surface area (Å²) in [6.07, 6.45) is 1.65. The molecule has 0 atom stereocenters. The largest absolute Gasteiger partial charge is 0.356 e. The zero-order chi connectivity index (χ0) is 14.0. The van der Waals surface area contributed by atoms with Gasteiger partial charge in [0.25, 0.3) is 11.6 Å². The van der Waals surface area contributed by atoms with Crippen LogP contribution in [-0.4, -0.2) is 15.8 Å². The molecule has 6 nitrogen and oxygen atoms in total. The second-order valence-corrected chi connectivity index (χ2v) is 4.86. The van der Waals surface area contributed by atoms with E-state index < -0.39 is 4.92 Å². The van der Waals surface area contributed by atoms with Gasteiger partial charge >= 0.3 is 0 Å². The average molecular weight is 324 g/mol. The minimum absolute atomic E-state index is 0.0283. The average Bonchev–Trinajstić information content (AvgIpc) is 2.75. The molecule has 0 fully saturated rings. The zero-order valence-electron chi connectivity index (χ0n) is 9.94. The highest BCUT2D eigenvalue weighted by molar-refractivity contribution is 9.10. The number of carbonyl (C=O) groups is 1. The second kappa shape index (κ2) is 5.23. The molecule has 0 aliphatic carbocycles. The SMILES string of the molecule is Cc1cc(NC(=O)c2cc(Br)c[nH]2)ccc1[N+](=O)[O-]. The minimum atomic E-state index is -0.455. The molecule has 1 aromatic carbocycles. The van der Waals surface area contributed by atoms with Crippen molar-refractivity contribution in [2.24, 2.45) is 0 Å². The number of nitrogens with one attached hydrogen (secondary N) is 2. The number of anilines is 1. The van der Waals surface area contributed by atoms with Crippen molar-refractivity contribution >= 4 is 33.2 Å². The molecule has 0 aliphatic rings. The zero-order valence-corrected chi connectivity index (χ0v) is 11.5. The Morgan fingerprint density at radius 2 is 2.16 bits per heavy atom. The van der Waals surface area contributed by atoms with E-state index in [0.717, 1.165) is 4.47 Å². The molecule has 1 amide bonds. The highest BCUT2D eigenvalue weighted by Gasteiger charge is 2.12. The van der Waals surface area contributed by atoms with Crippen LogP contribution in [0.4, 0.5) is 11.4 Å². The first kappa shape index (κ1) is 13.3. The molecular weight excluding hydrogens is 314 g/mol. The number of aromatic amines is 1. The third-order valence-electron chi connectivity index (χ3n) is 2.54. The molecule has 2 N–H and O–H groups in total. The van der Waals surface area contributed by atoms with E-state index in [9.17, 15) is 14.9 Å². The number of aromatic nitrogens is 1. The van der Waals surface area contributed by atoms with Crippen LogP contribution in [0.2, 0.25) is 0 Å². The van der Waals surface area contributed by atoms with Gasteiger partial charge in [-0.25, -0.2) is 0 Å². The Bertz CT molecular complexity index is 651. The van der Waals surface area contributed by atoms with Gasteiger partial charge in [0.15, 0.2) is 0 Å². The molecule has 19 heavy (non-hydrogen) atoms. The molecule has 98 valence electrons. The summed E-state index contributed by atoms with van der Waals surface area (Å²) in [7, 11) is 0. The molecule has 1 aromatic heterocycles. The van der Waals surface area contributed by atoms with Gasteiger partial charge in [-0.2, -0.15) is 0 Å². The summed E-state index contributed by atoms with van der Waals surface area (Å²) >= 11 is 3.24. The van der Waals surface area contributed by atoms with Gasteiger partial charge in [-0.3, -0.25) is 14.9 Å². The van der Waals surface area contributed by atoms with E-state index in [4.69, 9.17) is 0 Å². The van der Waals surface area contributed by atoms with Crippen LogP contribution in [0.25, 0.3) is 0 Å². The Balaban J connectivity index is 2.18. The molecule has 1 heterocycles. The number of hydrogen-bond donors (Lipinski definition) is 2. The van der Waals surface area contributed by atoms with E-state index in [2.05, 4.69) is 26.2 Å². The number of amides is 1. The van der Waals surface area contributed by atoms with Crippen molar-refractivity contribution in [3.63, 3.8) is 0 Å².